The van der Waals surface area contributed by atoms with Crippen molar-refractivity contribution < 1.29 is 13.9 Å². The Labute approximate surface area is 121 Å². The van der Waals surface area contributed by atoms with Gasteiger partial charge in [-0.25, -0.2) is 14.2 Å². The number of nitrogens with zero attached hydrogens (tertiary/aromatic N) is 1. The third-order valence-electron chi connectivity index (χ3n) is 2.79. The Bertz CT molecular complexity index is 654. The Morgan fingerprint density at radius 3 is 2.86 bits per heavy atom. The summed E-state index contributed by atoms with van der Waals surface area (Å²) in [5.74, 6) is -0.598. The Kier molecular flexibility index (Phi) is 4.37. The smallest absolute Gasteiger partial charge is 0.340 e. The van der Waals surface area contributed by atoms with Crippen molar-refractivity contribution in [2.45, 2.75) is 13.8 Å². The van der Waals surface area contributed by atoms with Gasteiger partial charge in [0.15, 0.2) is 5.82 Å². The van der Waals surface area contributed by atoms with Crippen LogP contribution in [-0.4, -0.2) is 17.6 Å². The van der Waals surface area contributed by atoms with Gasteiger partial charge in [0.05, 0.1) is 17.9 Å². The highest BCUT2D eigenvalue weighted by atomic mass is 19.1. The van der Waals surface area contributed by atoms with E-state index in [1.165, 1.54) is 24.4 Å². The Hall–Kier alpha value is -2.63. The van der Waals surface area contributed by atoms with Gasteiger partial charge in [0.1, 0.15) is 5.82 Å². The van der Waals surface area contributed by atoms with Crippen molar-refractivity contribution in [3.05, 3.63) is 47.4 Å². The van der Waals surface area contributed by atoms with E-state index in [1.54, 1.807) is 19.9 Å². The molecular weight excluding hydrogens is 273 g/mol. The molecule has 21 heavy (non-hydrogen) atoms. The maximum atomic E-state index is 13.4. The number of nitrogens with one attached hydrogen (secondary N) is 1. The summed E-state index contributed by atoms with van der Waals surface area (Å²) in [4.78, 5) is 15.8. The van der Waals surface area contributed by atoms with Crippen molar-refractivity contribution in [1.82, 2.24) is 4.98 Å². The molecule has 2 rings (SSSR count). The molecule has 5 nitrogen and oxygen atoms in total. The van der Waals surface area contributed by atoms with Crippen LogP contribution in [0.25, 0.3) is 0 Å². The molecule has 0 aliphatic heterocycles. The van der Waals surface area contributed by atoms with Gasteiger partial charge >= 0.3 is 5.97 Å². The first-order valence-corrected chi connectivity index (χ1v) is 6.47. The Balaban J connectivity index is 2.32. The van der Waals surface area contributed by atoms with Crippen LogP contribution < -0.4 is 11.1 Å². The lowest BCUT2D eigenvalue weighted by molar-refractivity contribution is 0.0527. The number of carbonyl (C=O) groups excluding carboxylic acids is 1. The number of nitrogens with two attached hydrogens (primary N) is 1. The van der Waals surface area contributed by atoms with Gasteiger partial charge in [-0.1, -0.05) is 0 Å². The average Bonchev–Trinajstić information content (AvgIpc) is 2.40. The number of aromatic nitrogens is 1. The molecule has 0 unspecified atom stereocenters. The minimum atomic E-state index is -0.518. The van der Waals surface area contributed by atoms with Gasteiger partial charge in [-0.2, -0.15) is 0 Å². The van der Waals surface area contributed by atoms with Crippen LogP contribution in [0.3, 0.4) is 0 Å². The zero-order valence-corrected chi connectivity index (χ0v) is 11.8. The second-order valence-electron chi connectivity index (χ2n) is 4.48. The largest absolute Gasteiger partial charge is 0.462 e. The maximum Gasteiger partial charge on any atom is 0.340 e. The second kappa shape index (κ2) is 6.21. The summed E-state index contributed by atoms with van der Waals surface area (Å²) >= 11 is 0. The number of nitrogen functional groups attached to an aromatic ring is 1. The van der Waals surface area contributed by atoms with Crippen molar-refractivity contribution in [1.29, 1.82) is 0 Å². The number of ether oxygens (including phenoxy) is 1. The standard InChI is InChI=1S/C15H16FN3O2/c1-3-21-15(20)12-4-5-18-14(13(12)17)19-11-7-9(2)6-10(16)8-11/h4-8H,3,17H2,1-2H3,(H,18,19). The van der Waals surface area contributed by atoms with Gasteiger partial charge in [-0.15, -0.1) is 0 Å². The predicted molar refractivity (Wildman–Crippen MR) is 79.0 cm³/mol. The number of hydrogen-bond donors (Lipinski definition) is 2. The summed E-state index contributed by atoms with van der Waals surface area (Å²) in [5.41, 5.74) is 7.58. The van der Waals surface area contributed by atoms with Crippen molar-refractivity contribution in [3.63, 3.8) is 0 Å². The normalized spacial score (nSPS) is 10.2. The van der Waals surface area contributed by atoms with Crippen LogP contribution in [0.5, 0.6) is 0 Å². The lowest BCUT2D eigenvalue weighted by atomic mass is 10.2. The number of halogens is 1. The summed E-state index contributed by atoms with van der Waals surface area (Å²) < 4.78 is 18.3. The molecule has 0 bridgehead atoms. The number of pyridine rings is 1. The van der Waals surface area contributed by atoms with E-state index in [0.29, 0.717) is 5.69 Å². The number of anilines is 3. The van der Waals surface area contributed by atoms with E-state index in [-0.39, 0.29) is 29.5 Å². The summed E-state index contributed by atoms with van der Waals surface area (Å²) in [5, 5.41) is 2.91. The SMILES string of the molecule is CCOC(=O)c1ccnc(Nc2cc(C)cc(F)c2)c1N. The third kappa shape index (κ3) is 3.47. The van der Waals surface area contributed by atoms with Crippen LogP contribution in [0, 0.1) is 12.7 Å². The zero-order valence-electron chi connectivity index (χ0n) is 11.8. The molecule has 1 aromatic carbocycles. The molecule has 0 aliphatic rings. The highest BCUT2D eigenvalue weighted by molar-refractivity contribution is 5.98. The zero-order chi connectivity index (χ0) is 15.4. The first-order chi connectivity index (χ1) is 10.0. The van der Waals surface area contributed by atoms with Crippen molar-refractivity contribution in [2.75, 3.05) is 17.7 Å². The molecule has 0 fully saturated rings. The van der Waals surface area contributed by atoms with Crippen LogP contribution in [0.4, 0.5) is 21.6 Å². The molecule has 1 aromatic heterocycles. The first-order valence-electron chi connectivity index (χ1n) is 6.47. The second-order valence-corrected chi connectivity index (χ2v) is 4.48. The fraction of sp³-hybridized carbons (Fsp3) is 0.200. The number of aryl methyl sites for hydroxylation is 1. The van der Waals surface area contributed by atoms with Crippen LogP contribution >= 0.6 is 0 Å². The van der Waals surface area contributed by atoms with Gasteiger partial charge in [-0.05, 0) is 43.7 Å². The molecule has 0 aliphatic carbocycles. The summed E-state index contributed by atoms with van der Waals surface area (Å²) in [6.45, 7) is 3.75. The Morgan fingerprint density at radius 2 is 2.19 bits per heavy atom. The van der Waals surface area contributed by atoms with E-state index in [1.807, 2.05) is 0 Å². The Morgan fingerprint density at radius 1 is 1.43 bits per heavy atom. The average molecular weight is 289 g/mol. The maximum absolute atomic E-state index is 13.4. The van der Waals surface area contributed by atoms with E-state index < -0.39 is 5.97 Å². The molecule has 1 heterocycles. The van der Waals surface area contributed by atoms with Gasteiger partial charge < -0.3 is 15.8 Å². The van der Waals surface area contributed by atoms with Gasteiger partial charge in [0.2, 0.25) is 0 Å². The molecule has 0 saturated heterocycles. The molecule has 0 amide bonds. The fourth-order valence-electron chi connectivity index (χ4n) is 1.90. The molecule has 3 N–H and O–H groups in total. The van der Waals surface area contributed by atoms with E-state index >= 15 is 0 Å². The van der Waals surface area contributed by atoms with Crippen molar-refractivity contribution in [2.24, 2.45) is 0 Å². The highest BCUT2D eigenvalue weighted by Gasteiger charge is 2.14. The summed E-state index contributed by atoms with van der Waals surface area (Å²) in [7, 11) is 0. The molecule has 0 saturated carbocycles. The number of benzene rings is 1. The van der Waals surface area contributed by atoms with E-state index in [2.05, 4.69) is 10.3 Å². The number of carbonyl (C=O) groups is 1. The minimum absolute atomic E-state index is 0.165. The minimum Gasteiger partial charge on any atom is -0.462 e. The van der Waals surface area contributed by atoms with Crippen LogP contribution in [0.1, 0.15) is 22.8 Å². The highest BCUT2D eigenvalue weighted by Crippen LogP contribution is 2.25. The lowest BCUT2D eigenvalue weighted by Crippen LogP contribution is -2.10. The summed E-state index contributed by atoms with van der Waals surface area (Å²) in [6, 6.07) is 5.97. The summed E-state index contributed by atoms with van der Waals surface area (Å²) in [6.07, 6.45) is 1.44. The lowest BCUT2D eigenvalue weighted by Gasteiger charge is -2.12. The van der Waals surface area contributed by atoms with Gasteiger partial charge in [0.25, 0.3) is 0 Å². The van der Waals surface area contributed by atoms with Crippen LogP contribution in [-0.2, 0) is 4.74 Å². The molecule has 0 radical (unpaired) electrons. The molecule has 6 heteroatoms. The molecule has 0 spiro atoms. The monoisotopic (exact) mass is 289 g/mol. The topological polar surface area (TPSA) is 77.2 Å². The fourth-order valence-corrected chi connectivity index (χ4v) is 1.90. The first kappa shape index (κ1) is 14.8. The number of hydrogen-bond acceptors (Lipinski definition) is 5. The molecule has 0 atom stereocenters. The van der Waals surface area contributed by atoms with Gasteiger partial charge in [0, 0.05) is 11.9 Å². The van der Waals surface area contributed by atoms with E-state index in [4.69, 9.17) is 10.5 Å². The van der Waals surface area contributed by atoms with E-state index in [0.717, 1.165) is 5.56 Å². The van der Waals surface area contributed by atoms with E-state index in [9.17, 15) is 9.18 Å². The van der Waals surface area contributed by atoms with Gasteiger partial charge in [-0.3, -0.25) is 0 Å². The van der Waals surface area contributed by atoms with Crippen molar-refractivity contribution in [3.8, 4) is 0 Å². The number of esters is 1. The van der Waals surface area contributed by atoms with Crippen molar-refractivity contribution >= 4 is 23.2 Å². The van der Waals surface area contributed by atoms with Crippen LogP contribution in [0.15, 0.2) is 30.5 Å². The third-order valence-corrected chi connectivity index (χ3v) is 2.79. The molecule has 110 valence electrons. The molecule has 2 aromatic rings. The van der Waals surface area contributed by atoms with Crippen LogP contribution in [0.2, 0.25) is 0 Å². The number of rotatable bonds is 4. The molecular formula is C15H16FN3O2. The predicted octanol–water partition coefficient (Wildman–Crippen LogP) is 3.03. The quantitative estimate of drug-likeness (QED) is 0.846.